The van der Waals surface area contributed by atoms with Gasteiger partial charge in [-0.15, -0.1) is 0 Å². The topological polar surface area (TPSA) is 95.7 Å². The van der Waals surface area contributed by atoms with E-state index in [1.54, 1.807) is 36.2 Å². The van der Waals surface area contributed by atoms with Crippen molar-refractivity contribution in [1.29, 1.82) is 0 Å². The lowest BCUT2D eigenvalue weighted by Crippen LogP contribution is -2.12. The van der Waals surface area contributed by atoms with Gasteiger partial charge in [0.05, 0.1) is 27.0 Å². The largest absolute Gasteiger partial charge is 0.493 e. The van der Waals surface area contributed by atoms with Crippen molar-refractivity contribution in [3.63, 3.8) is 0 Å². The van der Waals surface area contributed by atoms with Crippen LogP contribution in [0.15, 0.2) is 59.8 Å². The minimum atomic E-state index is -0.284. The molecule has 0 saturated heterocycles. The fourth-order valence-electron chi connectivity index (χ4n) is 2.83. The molecule has 0 bridgehead atoms. The third-order valence-electron chi connectivity index (χ3n) is 4.29. The Balaban J connectivity index is 1.74. The van der Waals surface area contributed by atoms with Crippen LogP contribution in [0.3, 0.4) is 0 Å². The van der Waals surface area contributed by atoms with E-state index in [9.17, 15) is 4.79 Å². The van der Waals surface area contributed by atoms with Crippen LogP contribution in [-0.4, -0.2) is 32.2 Å². The van der Waals surface area contributed by atoms with Gasteiger partial charge >= 0.3 is 0 Å². The highest BCUT2D eigenvalue weighted by molar-refractivity contribution is 7.98. The van der Waals surface area contributed by atoms with Crippen LogP contribution in [0, 0.1) is 0 Å². The van der Waals surface area contributed by atoms with Crippen LogP contribution >= 0.6 is 11.8 Å². The number of hydrogen-bond donors (Lipinski definition) is 2. The van der Waals surface area contributed by atoms with Gasteiger partial charge in [0.2, 0.25) is 5.75 Å². The number of nitrogens with one attached hydrogen (secondary N) is 1. The molecule has 0 aliphatic heterocycles. The predicted molar refractivity (Wildman–Crippen MR) is 119 cm³/mol. The molecule has 0 aliphatic carbocycles. The first-order valence-electron chi connectivity index (χ1n) is 9.09. The number of benzene rings is 2. The first kappa shape index (κ1) is 21.3. The monoisotopic (exact) mass is 425 g/mol. The van der Waals surface area contributed by atoms with E-state index >= 15 is 0 Å². The molecule has 0 radical (unpaired) electrons. The first-order chi connectivity index (χ1) is 14.5. The number of anilines is 2. The van der Waals surface area contributed by atoms with Crippen molar-refractivity contribution in [3.05, 3.63) is 65.9 Å². The second-order valence-corrected chi connectivity index (χ2v) is 7.22. The summed E-state index contributed by atoms with van der Waals surface area (Å²) in [7, 11) is 4.53. The molecule has 7 nitrogen and oxygen atoms in total. The lowest BCUT2D eigenvalue weighted by atomic mass is 10.1. The molecule has 0 saturated carbocycles. The molecule has 8 heteroatoms. The summed E-state index contributed by atoms with van der Waals surface area (Å²) < 4.78 is 15.9. The number of methoxy groups -OCH3 is 3. The van der Waals surface area contributed by atoms with Gasteiger partial charge in [0.25, 0.3) is 5.91 Å². The van der Waals surface area contributed by atoms with Crippen LogP contribution in [0.2, 0.25) is 0 Å². The van der Waals surface area contributed by atoms with E-state index in [4.69, 9.17) is 19.9 Å². The third-order valence-corrected chi connectivity index (χ3v) is 5.38. The normalized spacial score (nSPS) is 10.4. The second-order valence-electron chi connectivity index (χ2n) is 6.25. The van der Waals surface area contributed by atoms with Gasteiger partial charge in [0.15, 0.2) is 11.5 Å². The van der Waals surface area contributed by atoms with Crippen molar-refractivity contribution in [3.8, 4) is 17.2 Å². The average molecular weight is 426 g/mol. The van der Waals surface area contributed by atoms with Crippen molar-refractivity contribution in [2.75, 3.05) is 32.4 Å². The summed E-state index contributed by atoms with van der Waals surface area (Å²) in [6, 6.07) is 14.5. The molecular weight excluding hydrogens is 402 g/mol. The predicted octanol–water partition coefficient (Wildman–Crippen LogP) is 4.23. The SMILES string of the molecule is COc1cc(C(=O)Nc2cccc(CSc3ncccc3N)c2)cc(OC)c1OC. The van der Waals surface area contributed by atoms with Crippen molar-refractivity contribution in [2.24, 2.45) is 0 Å². The Morgan fingerprint density at radius 1 is 1.03 bits per heavy atom. The number of ether oxygens (including phenoxy) is 3. The molecular formula is C22H23N3O4S. The van der Waals surface area contributed by atoms with Crippen LogP contribution in [0.25, 0.3) is 0 Å². The zero-order chi connectivity index (χ0) is 21.5. The Morgan fingerprint density at radius 2 is 1.77 bits per heavy atom. The van der Waals surface area contributed by atoms with Crippen LogP contribution in [-0.2, 0) is 5.75 Å². The molecule has 1 aromatic heterocycles. The molecule has 3 N–H and O–H groups in total. The number of aromatic nitrogens is 1. The Hall–Kier alpha value is -3.39. The molecule has 0 fully saturated rings. The van der Waals surface area contributed by atoms with Gasteiger partial charge in [-0.2, -0.15) is 0 Å². The van der Waals surface area contributed by atoms with Gasteiger partial charge in [0.1, 0.15) is 5.03 Å². The number of amides is 1. The van der Waals surface area contributed by atoms with Crippen molar-refractivity contribution in [1.82, 2.24) is 4.98 Å². The summed E-state index contributed by atoms with van der Waals surface area (Å²) in [6.07, 6.45) is 1.72. The van der Waals surface area contributed by atoms with Gasteiger partial charge in [-0.3, -0.25) is 4.79 Å². The standard InChI is InChI=1S/C22H23N3O4S/c1-27-18-11-15(12-19(28-2)20(18)29-3)21(26)25-16-7-4-6-14(10-16)13-30-22-17(23)8-5-9-24-22/h4-12H,13,23H2,1-3H3,(H,25,26). The Morgan fingerprint density at radius 3 is 2.40 bits per heavy atom. The molecule has 1 amide bonds. The summed E-state index contributed by atoms with van der Waals surface area (Å²) in [4.78, 5) is 17.1. The zero-order valence-corrected chi connectivity index (χ0v) is 17.8. The minimum absolute atomic E-state index is 0.284. The Labute approximate surface area is 179 Å². The van der Waals surface area contributed by atoms with Crippen LogP contribution in [0.1, 0.15) is 15.9 Å². The highest BCUT2D eigenvalue weighted by Crippen LogP contribution is 2.38. The van der Waals surface area contributed by atoms with Gasteiger partial charge in [-0.05, 0) is 42.0 Å². The average Bonchev–Trinajstić information content (AvgIpc) is 2.77. The van der Waals surface area contributed by atoms with E-state index in [-0.39, 0.29) is 5.91 Å². The fourth-order valence-corrected chi connectivity index (χ4v) is 3.68. The smallest absolute Gasteiger partial charge is 0.255 e. The number of rotatable bonds is 8. The molecule has 0 spiro atoms. The summed E-state index contributed by atoms with van der Waals surface area (Å²) >= 11 is 1.54. The molecule has 1 heterocycles. The number of nitrogens with two attached hydrogens (primary N) is 1. The van der Waals surface area contributed by atoms with Gasteiger partial charge in [-0.25, -0.2) is 4.98 Å². The van der Waals surface area contributed by atoms with Crippen molar-refractivity contribution < 1.29 is 19.0 Å². The van der Waals surface area contributed by atoms with E-state index in [2.05, 4.69) is 10.3 Å². The number of pyridine rings is 1. The number of carbonyl (C=O) groups excluding carboxylic acids is 1. The molecule has 0 atom stereocenters. The number of nitrogen functional groups attached to an aromatic ring is 1. The zero-order valence-electron chi connectivity index (χ0n) is 17.0. The second kappa shape index (κ2) is 9.89. The highest BCUT2D eigenvalue weighted by Gasteiger charge is 2.17. The van der Waals surface area contributed by atoms with E-state index in [0.29, 0.717) is 39.9 Å². The maximum atomic E-state index is 12.8. The summed E-state index contributed by atoms with van der Waals surface area (Å²) in [5, 5.41) is 3.69. The van der Waals surface area contributed by atoms with Crippen molar-refractivity contribution in [2.45, 2.75) is 10.8 Å². The Kier molecular flexibility index (Phi) is 7.03. The van der Waals surface area contributed by atoms with Crippen molar-refractivity contribution >= 4 is 29.0 Å². The minimum Gasteiger partial charge on any atom is -0.493 e. The van der Waals surface area contributed by atoms with E-state index in [1.807, 2.05) is 30.3 Å². The lowest BCUT2D eigenvalue weighted by Gasteiger charge is -2.14. The van der Waals surface area contributed by atoms with Gasteiger partial charge < -0.3 is 25.3 Å². The third kappa shape index (κ3) is 4.96. The Bertz CT molecular complexity index is 1020. The number of hydrogen-bond acceptors (Lipinski definition) is 7. The summed E-state index contributed by atoms with van der Waals surface area (Å²) in [6.45, 7) is 0. The van der Waals surface area contributed by atoms with Crippen LogP contribution < -0.4 is 25.3 Å². The molecule has 3 aromatic rings. The first-order valence-corrected chi connectivity index (χ1v) is 10.1. The molecule has 156 valence electrons. The molecule has 2 aromatic carbocycles. The van der Waals surface area contributed by atoms with Gasteiger partial charge in [-0.1, -0.05) is 23.9 Å². The maximum Gasteiger partial charge on any atom is 0.255 e. The molecule has 30 heavy (non-hydrogen) atoms. The number of carbonyl (C=O) groups is 1. The lowest BCUT2D eigenvalue weighted by molar-refractivity contribution is 0.102. The molecule has 0 unspecified atom stereocenters. The number of nitrogens with zero attached hydrogens (tertiary/aromatic N) is 1. The van der Waals surface area contributed by atoms with Crippen LogP contribution in [0.4, 0.5) is 11.4 Å². The fraction of sp³-hybridized carbons (Fsp3) is 0.182. The maximum absolute atomic E-state index is 12.8. The highest BCUT2D eigenvalue weighted by atomic mass is 32.2. The quantitative estimate of drug-likeness (QED) is 0.521. The summed E-state index contributed by atoms with van der Waals surface area (Å²) in [5.41, 5.74) is 8.70. The number of thioether (sulfide) groups is 1. The summed E-state index contributed by atoms with van der Waals surface area (Å²) in [5.74, 6) is 1.66. The van der Waals surface area contributed by atoms with Crippen LogP contribution in [0.5, 0.6) is 17.2 Å². The molecule has 3 rings (SSSR count). The van der Waals surface area contributed by atoms with Gasteiger partial charge in [0, 0.05) is 23.2 Å². The molecule has 0 aliphatic rings. The van der Waals surface area contributed by atoms with E-state index in [1.165, 1.54) is 21.3 Å². The van der Waals surface area contributed by atoms with E-state index < -0.39 is 0 Å². The van der Waals surface area contributed by atoms with E-state index in [0.717, 1.165) is 10.6 Å².